The van der Waals surface area contributed by atoms with Crippen molar-refractivity contribution in [3.63, 3.8) is 0 Å². The number of nitrogens with zero attached hydrogens (tertiary/aromatic N) is 3. The molecular formula is C26H30FN3O2S2. The Labute approximate surface area is 208 Å². The number of benzene rings is 1. The van der Waals surface area contributed by atoms with Gasteiger partial charge in [0.2, 0.25) is 5.91 Å². The zero-order valence-electron chi connectivity index (χ0n) is 19.4. The summed E-state index contributed by atoms with van der Waals surface area (Å²) in [5.74, 6) is -0.509. The summed E-state index contributed by atoms with van der Waals surface area (Å²) >= 11 is 3.02. The number of carbonyl (C=O) groups excluding carboxylic acids is 2. The zero-order valence-corrected chi connectivity index (χ0v) is 21.0. The molecular weight excluding hydrogens is 469 g/mol. The lowest BCUT2D eigenvalue weighted by Gasteiger charge is -2.29. The van der Waals surface area contributed by atoms with Crippen LogP contribution in [0.15, 0.2) is 53.2 Å². The van der Waals surface area contributed by atoms with E-state index in [-0.39, 0.29) is 24.2 Å². The maximum Gasteiger partial charge on any atom is 0.264 e. The molecule has 1 saturated heterocycles. The van der Waals surface area contributed by atoms with Crippen LogP contribution >= 0.6 is 22.7 Å². The largest absolute Gasteiger partial charge is 0.332 e. The van der Waals surface area contributed by atoms with Crippen molar-refractivity contribution in [1.29, 1.82) is 0 Å². The minimum Gasteiger partial charge on any atom is -0.332 e. The first kappa shape index (κ1) is 24.6. The Morgan fingerprint density at radius 1 is 0.971 bits per heavy atom. The molecule has 3 heterocycles. The molecule has 0 saturated carbocycles. The molecule has 0 atom stereocenters. The van der Waals surface area contributed by atoms with Crippen molar-refractivity contribution in [1.82, 2.24) is 14.7 Å². The van der Waals surface area contributed by atoms with Crippen molar-refractivity contribution in [2.24, 2.45) is 0 Å². The Balaban J connectivity index is 1.51. The van der Waals surface area contributed by atoms with Crippen LogP contribution in [0.25, 0.3) is 0 Å². The van der Waals surface area contributed by atoms with Crippen LogP contribution in [0.1, 0.15) is 38.5 Å². The maximum absolute atomic E-state index is 13.6. The van der Waals surface area contributed by atoms with Gasteiger partial charge in [0.15, 0.2) is 0 Å². The van der Waals surface area contributed by atoms with E-state index in [0.717, 1.165) is 35.6 Å². The minimum atomic E-state index is -0.301. The molecule has 5 nitrogen and oxygen atoms in total. The normalized spacial score (nSPS) is 13.8. The van der Waals surface area contributed by atoms with Crippen molar-refractivity contribution in [3.8, 4) is 0 Å². The molecule has 0 unspecified atom stereocenters. The lowest BCUT2D eigenvalue weighted by Crippen LogP contribution is -2.45. The molecule has 0 N–H and O–H groups in total. The Morgan fingerprint density at radius 2 is 1.74 bits per heavy atom. The molecule has 180 valence electrons. The molecule has 8 heteroatoms. The van der Waals surface area contributed by atoms with E-state index in [0.29, 0.717) is 24.5 Å². The summed E-state index contributed by atoms with van der Waals surface area (Å²) in [6, 6.07) is 12.0. The Hall–Kier alpha value is -2.55. The second kappa shape index (κ2) is 11.7. The number of amides is 2. The first-order chi connectivity index (χ1) is 16.5. The van der Waals surface area contributed by atoms with E-state index in [2.05, 4.69) is 4.90 Å². The highest BCUT2D eigenvalue weighted by Gasteiger charge is 2.25. The lowest BCUT2D eigenvalue weighted by atomic mass is 10.2. The number of hydrogen-bond acceptors (Lipinski definition) is 5. The predicted octanol–water partition coefficient (Wildman–Crippen LogP) is 5.02. The smallest absolute Gasteiger partial charge is 0.264 e. The molecule has 1 fully saturated rings. The van der Waals surface area contributed by atoms with Crippen LogP contribution in [0.4, 0.5) is 4.39 Å². The van der Waals surface area contributed by atoms with Gasteiger partial charge in [0, 0.05) is 24.5 Å². The van der Waals surface area contributed by atoms with Gasteiger partial charge in [0.05, 0.1) is 11.4 Å². The third-order valence-electron chi connectivity index (χ3n) is 6.17. The number of likely N-dealkylation sites (tertiary alicyclic amines) is 1. The summed E-state index contributed by atoms with van der Waals surface area (Å²) < 4.78 is 13.4. The molecule has 0 radical (unpaired) electrons. The van der Waals surface area contributed by atoms with Gasteiger partial charge in [0.25, 0.3) is 5.91 Å². The average molecular weight is 500 g/mol. The highest BCUT2D eigenvalue weighted by Crippen LogP contribution is 2.20. The van der Waals surface area contributed by atoms with Crippen LogP contribution in [0.2, 0.25) is 0 Å². The highest BCUT2D eigenvalue weighted by atomic mass is 32.1. The fourth-order valence-electron chi connectivity index (χ4n) is 4.12. The van der Waals surface area contributed by atoms with E-state index in [1.54, 1.807) is 33.3 Å². The van der Waals surface area contributed by atoms with Crippen LogP contribution in [-0.4, -0.2) is 59.2 Å². The van der Waals surface area contributed by atoms with Crippen LogP contribution in [0.3, 0.4) is 0 Å². The van der Waals surface area contributed by atoms with E-state index in [1.165, 1.54) is 36.3 Å². The van der Waals surface area contributed by atoms with Gasteiger partial charge >= 0.3 is 0 Å². The van der Waals surface area contributed by atoms with Gasteiger partial charge in [-0.1, -0.05) is 18.2 Å². The van der Waals surface area contributed by atoms with E-state index < -0.39 is 0 Å². The summed E-state index contributed by atoms with van der Waals surface area (Å²) in [6.45, 7) is 6.27. The van der Waals surface area contributed by atoms with Gasteiger partial charge < -0.3 is 14.7 Å². The van der Waals surface area contributed by atoms with Gasteiger partial charge in [-0.05, 0) is 79.0 Å². The highest BCUT2D eigenvalue weighted by molar-refractivity contribution is 7.12. The first-order valence-electron chi connectivity index (χ1n) is 11.6. The SMILES string of the molecule is Cc1ccsc1CN(Cc1ccc(F)cc1)C(=O)CN(CCN1CCCC1)C(=O)c1cccs1. The molecule has 34 heavy (non-hydrogen) atoms. The monoisotopic (exact) mass is 499 g/mol. The molecule has 3 aromatic rings. The summed E-state index contributed by atoms with van der Waals surface area (Å²) in [5, 5.41) is 3.90. The van der Waals surface area contributed by atoms with Crippen molar-refractivity contribution in [2.45, 2.75) is 32.9 Å². The summed E-state index contributed by atoms with van der Waals surface area (Å²) in [4.78, 5) is 34.4. The topological polar surface area (TPSA) is 43.9 Å². The summed E-state index contributed by atoms with van der Waals surface area (Å²) in [5.41, 5.74) is 2.00. The fraction of sp³-hybridized carbons (Fsp3) is 0.385. The number of carbonyl (C=O) groups is 2. The van der Waals surface area contributed by atoms with Crippen molar-refractivity contribution in [3.05, 3.63) is 79.9 Å². The average Bonchev–Trinajstić information content (AvgIpc) is 3.61. The number of aryl methyl sites for hydroxylation is 1. The quantitative estimate of drug-likeness (QED) is 0.393. The van der Waals surface area contributed by atoms with Gasteiger partial charge in [-0.2, -0.15) is 0 Å². The van der Waals surface area contributed by atoms with Crippen molar-refractivity contribution < 1.29 is 14.0 Å². The molecule has 0 spiro atoms. The van der Waals surface area contributed by atoms with E-state index >= 15 is 0 Å². The summed E-state index contributed by atoms with van der Waals surface area (Å²) in [7, 11) is 0. The van der Waals surface area contributed by atoms with Gasteiger partial charge in [-0.3, -0.25) is 9.59 Å². The lowest BCUT2D eigenvalue weighted by molar-refractivity contribution is -0.133. The number of hydrogen-bond donors (Lipinski definition) is 0. The number of thiophene rings is 2. The second-order valence-corrected chi connectivity index (χ2v) is 10.6. The molecule has 2 aromatic heterocycles. The minimum absolute atomic E-state index is 0.0240. The fourth-order valence-corrected chi connectivity index (χ4v) is 5.73. The van der Waals surface area contributed by atoms with E-state index in [1.807, 2.05) is 35.9 Å². The third-order valence-corrected chi connectivity index (χ3v) is 8.04. The van der Waals surface area contributed by atoms with Crippen LogP contribution in [0.5, 0.6) is 0 Å². The Morgan fingerprint density at radius 3 is 2.38 bits per heavy atom. The second-order valence-electron chi connectivity index (χ2n) is 8.66. The van der Waals surface area contributed by atoms with Gasteiger partial charge in [-0.25, -0.2) is 4.39 Å². The standard InChI is InChI=1S/C26H30FN3O2S2/c1-20-10-16-34-24(20)18-30(17-21-6-8-22(27)9-7-21)25(31)19-29(14-13-28-11-2-3-12-28)26(32)23-5-4-15-33-23/h4-10,15-16H,2-3,11-14,17-19H2,1H3. The molecule has 1 aromatic carbocycles. The predicted molar refractivity (Wildman–Crippen MR) is 136 cm³/mol. The van der Waals surface area contributed by atoms with Crippen molar-refractivity contribution >= 4 is 34.5 Å². The molecule has 2 amide bonds. The number of rotatable bonds is 10. The molecule has 0 aliphatic carbocycles. The maximum atomic E-state index is 13.6. The molecule has 0 bridgehead atoms. The number of halogens is 1. The van der Waals surface area contributed by atoms with E-state index in [9.17, 15) is 14.0 Å². The zero-order chi connectivity index (χ0) is 23.9. The molecule has 4 rings (SSSR count). The van der Waals surface area contributed by atoms with Crippen molar-refractivity contribution in [2.75, 3.05) is 32.7 Å². The van der Waals surface area contributed by atoms with E-state index in [4.69, 9.17) is 0 Å². The summed E-state index contributed by atoms with van der Waals surface area (Å²) in [6.07, 6.45) is 2.37. The van der Waals surface area contributed by atoms with Gasteiger partial charge in [0.1, 0.15) is 12.4 Å². The molecule has 1 aliphatic heterocycles. The first-order valence-corrected chi connectivity index (χ1v) is 13.4. The third kappa shape index (κ3) is 6.52. The Bertz CT molecular complexity index is 1080. The molecule has 1 aliphatic rings. The van der Waals surface area contributed by atoms with Crippen LogP contribution < -0.4 is 0 Å². The van der Waals surface area contributed by atoms with Crippen LogP contribution in [0, 0.1) is 12.7 Å². The Kier molecular flexibility index (Phi) is 8.48. The van der Waals surface area contributed by atoms with Gasteiger partial charge in [-0.15, -0.1) is 22.7 Å². The van der Waals surface area contributed by atoms with Crippen LogP contribution in [-0.2, 0) is 17.9 Å².